The standard InChI is InChI=1S/C27H36N4O2.HI/c1-30(2)26(32)17-28-27(29-25-13-12-23-10-6-7-11-24(23)16-25)31-15-14-22(18-31)20-33-19-21-8-4-3-5-9-21;/h3-11,22,25H,12-20H2,1-2H3,(H,28,29);1H. The second kappa shape index (κ2) is 13.1. The molecule has 1 aliphatic carbocycles. The van der Waals surface area contributed by atoms with Gasteiger partial charge in [0.2, 0.25) is 5.91 Å². The Morgan fingerprint density at radius 1 is 1.09 bits per heavy atom. The Morgan fingerprint density at radius 2 is 1.82 bits per heavy atom. The molecule has 0 spiro atoms. The molecule has 1 amide bonds. The first-order chi connectivity index (χ1) is 16.1. The largest absolute Gasteiger partial charge is 0.376 e. The lowest BCUT2D eigenvalue weighted by Gasteiger charge is -2.30. The number of aliphatic imine (C=N–C) groups is 1. The van der Waals surface area contributed by atoms with Crippen LogP contribution in [0.3, 0.4) is 0 Å². The molecule has 1 fully saturated rings. The number of aryl methyl sites for hydroxylation is 1. The van der Waals surface area contributed by atoms with Gasteiger partial charge in [0.05, 0.1) is 13.2 Å². The maximum atomic E-state index is 12.2. The van der Waals surface area contributed by atoms with Crippen molar-refractivity contribution in [2.75, 3.05) is 40.3 Å². The summed E-state index contributed by atoms with van der Waals surface area (Å²) in [4.78, 5) is 20.9. The zero-order valence-corrected chi connectivity index (χ0v) is 22.6. The Kier molecular flexibility index (Phi) is 10.2. The number of nitrogens with zero attached hydrogens (tertiary/aromatic N) is 3. The fraction of sp³-hybridized carbons (Fsp3) is 0.481. The molecule has 7 heteroatoms. The van der Waals surface area contributed by atoms with E-state index in [2.05, 4.69) is 46.6 Å². The summed E-state index contributed by atoms with van der Waals surface area (Å²) in [6.07, 6.45) is 4.22. The Balaban J connectivity index is 0.00000324. The van der Waals surface area contributed by atoms with Crippen molar-refractivity contribution in [2.45, 2.75) is 38.3 Å². The van der Waals surface area contributed by atoms with Crippen molar-refractivity contribution in [3.05, 3.63) is 71.3 Å². The number of likely N-dealkylation sites (tertiary alicyclic amines) is 1. The third-order valence-corrected chi connectivity index (χ3v) is 6.59. The molecule has 2 unspecified atom stereocenters. The van der Waals surface area contributed by atoms with E-state index in [9.17, 15) is 4.79 Å². The fourth-order valence-corrected chi connectivity index (χ4v) is 4.60. The van der Waals surface area contributed by atoms with Gasteiger partial charge in [0.1, 0.15) is 6.54 Å². The summed E-state index contributed by atoms with van der Waals surface area (Å²) in [6, 6.07) is 19.3. The first kappa shape index (κ1) is 26.5. The lowest BCUT2D eigenvalue weighted by Crippen LogP contribution is -2.47. The molecule has 0 aromatic heterocycles. The highest BCUT2D eigenvalue weighted by molar-refractivity contribution is 14.0. The normalized spacial score (nSPS) is 19.8. The molecule has 1 saturated heterocycles. The number of halogens is 1. The zero-order chi connectivity index (χ0) is 23.0. The summed E-state index contributed by atoms with van der Waals surface area (Å²) < 4.78 is 6.00. The van der Waals surface area contributed by atoms with Crippen LogP contribution in [0.15, 0.2) is 59.6 Å². The molecule has 184 valence electrons. The topological polar surface area (TPSA) is 57.2 Å². The number of benzene rings is 2. The van der Waals surface area contributed by atoms with Gasteiger partial charge < -0.3 is 19.9 Å². The van der Waals surface area contributed by atoms with Crippen molar-refractivity contribution in [2.24, 2.45) is 10.9 Å². The summed E-state index contributed by atoms with van der Waals surface area (Å²) >= 11 is 0. The molecule has 4 rings (SSSR count). The molecular formula is C27H37IN4O2. The number of amides is 1. The number of carbonyl (C=O) groups excluding carboxylic acids is 1. The van der Waals surface area contributed by atoms with Crippen LogP contribution in [-0.4, -0.2) is 68.0 Å². The molecule has 0 radical (unpaired) electrons. The fourth-order valence-electron chi connectivity index (χ4n) is 4.60. The van der Waals surface area contributed by atoms with Gasteiger partial charge in [-0.3, -0.25) is 4.79 Å². The van der Waals surface area contributed by atoms with Gasteiger partial charge in [0.25, 0.3) is 0 Å². The van der Waals surface area contributed by atoms with E-state index in [4.69, 9.17) is 9.73 Å². The number of fused-ring (bicyclic) bond motifs is 1. The number of carbonyl (C=O) groups is 1. The summed E-state index contributed by atoms with van der Waals surface area (Å²) in [5, 5.41) is 3.70. The van der Waals surface area contributed by atoms with Crippen molar-refractivity contribution >= 4 is 35.8 Å². The van der Waals surface area contributed by atoms with Crippen LogP contribution in [0, 0.1) is 5.92 Å². The average molecular weight is 577 g/mol. The third kappa shape index (κ3) is 7.43. The SMILES string of the molecule is CN(C)C(=O)CN=C(NC1CCc2ccccc2C1)N1CCC(COCc2ccccc2)C1.I. The number of hydrogen-bond acceptors (Lipinski definition) is 3. The Labute approximate surface area is 220 Å². The van der Waals surface area contributed by atoms with Crippen molar-refractivity contribution in [1.29, 1.82) is 0 Å². The third-order valence-electron chi connectivity index (χ3n) is 6.59. The average Bonchev–Trinajstić information content (AvgIpc) is 3.31. The number of nitrogens with one attached hydrogen (secondary N) is 1. The summed E-state index contributed by atoms with van der Waals surface area (Å²) in [5.41, 5.74) is 4.07. The molecule has 6 nitrogen and oxygen atoms in total. The molecule has 2 atom stereocenters. The van der Waals surface area contributed by atoms with Gasteiger partial charge in [-0.25, -0.2) is 4.99 Å². The number of guanidine groups is 1. The van der Waals surface area contributed by atoms with Crippen LogP contribution >= 0.6 is 24.0 Å². The molecule has 1 aliphatic heterocycles. The van der Waals surface area contributed by atoms with Crippen LogP contribution < -0.4 is 5.32 Å². The van der Waals surface area contributed by atoms with Gasteiger partial charge in [0, 0.05) is 39.1 Å². The van der Waals surface area contributed by atoms with E-state index < -0.39 is 0 Å². The van der Waals surface area contributed by atoms with E-state index >= 15 is 0 Å². The Bertz CT molecular complexity index is 951. The van der Waals surface area contributed by atoms with Crippen molar-refractivity contribution in [1.82, 2.24) is 15.1 Å². The van der Waals surface area contributed by atoms with E-state index in [1.165, 1.54) is 16.7 Å². The molecule has 2 aromatic carbocycles. The Hall–Kier alpha value is -2.13. The highest BCUT2D eigenvalue weighted by Crippen LogP contribution is 2.22. The molecule has 2 aromatic rings. The lowest BCUT2D eigenvalue weighted by molar-refractivity contribution is -0.127. The first-order valence-electron chi connectivity index (χ1n) is 12.0. The van der Waals surface area contributed by atoms with Crippen LogP contribution in [-0.2, 0) is 29.0 Å². The monoisotopic (exact) mass is 576 g/mol. The minimum atomic E-state index is 0. The predicted octanol–water partition coefficient (Wildman–Crippen LogP) is 3.73. The first-order valence-corrected chi connectivity index (χ1v) is 12.0. The lowest BCUT2D eigenvalue weighted by atomic mass is 9.88. The van der Waals surface area contributed by atoms with Crippen LogP contribution in [0.2, 0.25) is 0 Å². The van der Waals surface area contributed by atoms with Crippen LogP contribution in [0.25, 0.3) is 0 Å². The van der Waals surface area contributed by atoms with E-state index in [-0.39, 0.29) is 36.4 Å². The maximum Gasteiger partial charge on any atom is 0.243 e. The van der Waals surface area contributed by atoms with E-state index in [1.54, 1.807) is 19.0 Å². The highest BCUT2D eigenvalue weighted by Gasteiger charge is 2.28. The zero-order valence-electron chi connectivity index (χ0n) is 20.3. The summed E-state index contributed by atoms with van der Waals surface area (Å²) in [5.74, 6) is 1.35. The van der Waals surface area contributed by atoms with E-state index in [0.29, 0.717) is 18.6 Å². The van der Waals surface area contributed by atoms with Crippen molar-refractivity contribution < 1.29 is 9.53 Å². The molecule has 1 heterocycles. The minimum Gasteiger partial charge on any atom is -0.376 e. The number of rotatable bonds is 7. The van der Waals surface area contributed by atoms with E-state index in [1.807, 2.05) is 18.2 Å². The van der Waals surface area contributed by atoms with Crippen LogP contribution in [0.5, 0.6) is 0 Å². The minimum absolute atomic E-state index is 0. The maximum absolute atomic E-state index is 12.2. The van der Waals surface area contributed by atoms with Gasteiger partial charge in [-0.15, -0.1) is 24.0 Å². The van der Waals surface area contributed by atoms with E-state index in [0.717, 1.165) is 51.3 Å². The summed E-state index contributed by atoms with van der Waals surface area (Å²) in [7, 11) is 3.55. The Morgan fingerprint density at radius 3 is 2.59 bits per heavy atom. The van der Waals surface area contributed by atoms with Crippen LogP contribution in [0.4, 0.5) is 0 Å². The quantitative estimate of drug-likeness (QED) is 0.310. The second-order valence-corrected chi connectivity index (χ2v) is 9.38. The molecule has 0 saturated carbocycles. The van der Waals surface area contributed by atoms with Gasteiger partial charge in [0.15, 0.2) is 5.96 Å². The van der Waals surface area contributed by atoms with Gasteiger partial charge in [-0.1, -0.05) is 54.6 Å². The van der Waals surface area contributed by atoms with Gasteiger partial charge >= 0.3 is 0 Å². The predicted molar refractivity (Wildman–Crippen MR) is 148 cm³/mol. The summed E-state index contributed by atoms with van der Waals surface area (Å²) in [6.45, 7) is 3.40. The molecule has 2 aliphatic rings. The number of ether oxygens (including phenoxy) is 1. The number of likely N-dealkylation sites (N-methyl/N-ethyl adjacent to an activating group) is 1. The molecular weight excluding hydrogens is 539 g/mol. The molecule has 0 bridgehead atoms. The highest BCUT2D eigenvalue weighted by atomic mass is 127. The molecule has 1 N–H and O–H groups in total. The second-order valence-electron chi connectivity index (χ2n) is 9.38. The van der Waals surface area contributed by atoms with Crippen LogP contribution in [0.1, 0.15) is 29.5 Å². The number of hydrogen-bond donors (Lipinski definition) is 1. The molecule has 34 heavy (non-hydrogen) atoms. The van der Waals surface area contributed by atoms with Crippen molar-refractivity contribution in [3.63, 3.8) is 0 Å². The smallest absolute Gasteiger partial charge is 0.243 e. The van der Waals surface area contributed by atoms with Gasteiger partial charge in [-0.05, 0) is 42.4 Å². The van der Waals surface area contributed by atoms with Crippen molar-refractivity contribution in [3.8, 4) is 0 Å². The van der Waals surface area contributed by atoms with Gasteiger partial charge in [-0.2, -0.15) is 0 Å².